The molecule has 0 amide bonds. The number of anilines is 4. The molecule has 0 saturated carbocycles. The lowest BCUT2D eigenvalue weighted by Gasteiger charge is -2.42. The van der Waals surface area contributed by atoms with Gasteiger partial charge < -0.3 is 10.2 Å². The van der Waals surface area contributed by atoms with Crippen LogP contribution in [0.25, 0.3) is 10.9 Å². The van der Waals surface area contributed by atoms with E-state index in [0.29, 0.717) is 0 Å². The van der Waals surface area contributed by atoms with Crippen molar-refractivity contribution in [3.63, 3.8) is 0 Å². The van der Waals surface area contributed by atoms with E-state index in [1.807, 2.05) is 0 Å². The zero-order chi connectivity index (χ0) is 20.9. The molecule has 1 aliphatic rings. The first-order chi connectivity index (χ1) is 14.4. The van der Waals surface area contributed by atoms with Crippen LogP contribution in [0.5, 0.6) is 0 Å². The molecule has 1 aromatic heterocycles. The third-order valence-corrected chi connectivity index (χ3v) is 5.73. The van der Waals surface area contributed by atoms with Gasteiger partial charge >= 0.3 is 0 Å². The molecular weight excluding hydrogens is 366 g/mol. The number of hydrogen-bond donors (Lipinski definition) is 1. The molecule has 4 aromatic rings. The Morgan fingerprint density at radius 1 is 0.900 bits per heavy atom. The van der Waals surface area contributed by atoms with Crippen LogP contribution in [0, 0.1) is 6.92 Å². The van der Waals surface area contributed by atoms with Crippen molar-refractivity contribution < 1.29 is 0 Å². The summed E-state index contributed by atoms with van der Waals surface area (Å²) in [6.07, 6.45) is 0.861. The average Bonchev–Trinajstić information content (AvgIpc) is 2.71. The van der Waals surface area contributed by atoms with Crippen molar-refractivity contribution in [2.75, 3.05) is 10.2 Å². The summed E-state index contributed by atoms with van der Waals surface area (Å²) >= 11 is 0. The molecule has 3 aromatic carbocycles. The van der Waals surface area contributed by atoms with E-state index < -0.39 is 0 Å². The van der Waals surface area contributed by atoms with E-state index in [1.54, 1.807) is 0 Å². The van der Waals surface area contributed by atoms with Gasteiger partial charge in [0, 0.05) is 17.3 Å². The second-order valence-electron chi connectivity index (χ2n) is 9.12. The van der Waals surface area contributed by atoms with E-state index in [9.17, 15) is 0 Å². The van der Waals surface area contributed by atoms with Crippen LogP contribution in [-0.4, -0.2) is 10.5 Å². The smallest absolute Gasteiger partial charge is 0.158 e. The van der Waals surface area contributed by atoms with Crippen molar-refractivity contribution in [3.05, 3.63) is 89.5 Å². The fourth-order valence-corrected chi connectivity index (χ4v) is 4.47. The van der Waals surface area contributed by atoms with Crippen LogP contribution >= 0.6 is 0 Å². The molecular formula is C27H27N3. The van der Waals surface area contributed by atoms with E-state index >= 15 is 0 Å². The highest BCUT2D eigenvalue weighted by Gasteiger charge is 2.33. The summed E-state index contributed by atoms with van der Waals surface area (Å²) in [7, 11) is 0. The first-order valence-electron chi connectivity index (χ1n) is 10.6. The van der Waals surface area contributed by atoms with Crippen LogP contribution in [0.1, 0.15) is 37.5 Å². The Morgan fingerprint density at radius 3 is 2.47 bits per heavy atom. The highest BCUT2D eigenvalue weighted by molar-refractivity contribution is 5.99. The molecule has 0 fully saturated rings. The van der Waals surface area contributed by atoms with Crippen molar-refractivity contribution in [2.24, 2.45) is 0 Å². The molecule has 0 aliphatic carbocycles. The SMILES string of the molecule is Cc1cccc(Cc2c3c(nc4ccccc24)N(C(C)(C)C)c2ccccc2N3)c1. The van der Waals surface area contributed by atoms with Gasteiger partial charge in [0.25, 0.3) is 0 Å². The summed E-state index contributed by atoms with van der Waals surface area (Å²) in [6, 6.07) is 25.8. The molecule has 0 unspecified atom stereocenters. The molecule has 0 radical (unpaired) electrons. The number of fused-ring (bicyclic) bond motifs is 3. The molecule has 0 saturated heterocycles. The highest BCUT2D eigenvalue weighted by Crippen LogP contribution is 2.49. The van der Waals surface area contributed by atoms with Crippen LogP contribution in [0.15, 0.2) is 72.8 Å². The van der Waals surface area contributed by atoms with E-state index in [1.165, 1.54) is 27.8 Å². The van der Waals surface area contributed by atoms with Gasteiger partial charge in [-0.2, -0.15) is 0 Å². The molecule has 30 heavy (non-hydrogen) atoms. The molecule has 1 aliphatic heterocycles. The first kappa shape index (κ1) is 18.7. The number of rotatable bonds is 2. The summed E-state index contributed by atoms with van der Waals surface area (Å²) < 4.78 is 0. The van der Waals surface area contributed by atoms with Gasteiger partial charge in [-0.1, -0.05) is 60.2 Å². The average molecular weight is 394 g/mol. The van der Waals surface area contributed by atoms with Crippen LogP contribution in [-0.2, 0) is 6.42 Å². The summed E-state index contributed by atoms with van der Waals surface area (Å²) in [5.74, 6) is 1.00. The van der Waals surface area contributed by atoms with E-state index in [0.717, 1.165) is 29.1 Å². The predicted molar refractivity (Wildman–Crippen MR) is 127 cm³/mol. The minimum absolute atomic E-state index is 0.108. The lowest BCUT2D eigenvalue weighted by atomic mass is 9.95. The third kappa shape index (κ3) is 3.11. The molecule has 5 rings (SSSR count). The van der Waals surface area contributed by atoms with E-state index in [2.05, 4.69) is 111 Å². The van der Waals surface area contributed by atoms with Crippen molar-refractivity contribution >= 4 is 33.8 Å². The number of benzene rings is 3. The number of nitrogens with zero attached hydrogens (tertiary/aromatic N) is 2. The maximum Gasteiger partial charge on any atom is 0.158 e. The Balaban J connectivity index is 1.79. The fraction of sp³-hybridized carbons (Fsp3) is 0.222. The maximum atomic E-state index is 5.15. The quantitative estimate of drug-likeness (QED) is 0.393. The number of nitrogens with one attached hydrogen (secondary N) is 1. The van der Waals surface area contributed by atoms with Gasteiger partial charge in [0.05, 0.1) is 22.6 Å². The van der Waals surface area contributed by atoms with E-state index in [-0.39, 0.29) is 5.54 Å². The molecule has 2 heterocycles. The van der Waals surface area contributed by atoms with Crippen molar-refractivity contribution in [3.8, 4) is 0 Å². The predicted octanol–water partition coefficient (Wildman–Crippen LogP) is 7.13. The molecule has 0 spiro atoms. The Bertz CT molecular complexity index is 1250. The monoisotopic (exact) mass is 393 g/mol. The number of aromatic nitrogens is 1. The largest absolute Gasteiger partial charge is 0.351 e. The molecule has 3 heteroatoms. The van der Waals surface area contributed by atoms with Gasteiger partial charge in [-0.25, -0.2) is 4.98 Å². The van der Waals surface area contributed by atoms with E-state index in [4.69, 9.17) is 4.98 Å². The zero-order valence-electron chi connectivity index (χ0n) is 18.0. The Morgan fingerprint density at radius 2 is 1.67 bits per heavy atom. The standard InChI is InChI=1S/C27H27N3/c1-18-10-9-11-19(16-18)17-21-20-12-5-6-13-22(20)29-26-25(21)28-23-14-7-8-15-24(23)30(26)27(2,3)4/h5-16,28H,17H2,1-4H3. The number of para-hydroxylation sites is 3. The van der Waals surface area contributed by atoms with Gasteiger partial charge in [-0.3, -0.25) is 0 Å². The minimum Gasteiger partial charge on any atom is -0.351 e. The fourth-order valence-electron chi connectivity index (χ4n) is 4.47. The Hall–Kier alpha value is -3.33. The normalized spacial score (nSPS) is 13.0. The second kappa shape index (κ2) is 6.88. The van der Waals surface area contributed by atoms with Gasteiger partial charge in [-0.15, -0.1) is 0 Å². The Labute approximate surface area is 178 Å². The summed E-state index contributed by atoms with van der Waals surface area (Å²) in [6.45, 7) is 8.89. The van der Waals surface area contributed by atoms with Crippen LogP contribution < -0.4 is 10.2 Å². The zero-order valence-corrected chi connectivity index (χ0v) is 18.0. The lowest BCUT2D eigenvalue weighted by Crippen LogP contribution is -2.40. The van der Waals surface area contributed by atoms with Crippen LogP contribution in [0.3, 0.4) is 0 Å². The van der Waals surface area contributed by atoms with Gasteiger partial charge in [0.1, 0.15) is 0 Å². The first-order valence-corrected chi connectivity index (χ1v) is 10.6. The van der Waals surface area contributed by atoms with Crippen LogP contribution in [0.4, 0.5) is 22.9 Å². The summed E-state index contributed by atoms with van der Waals surface area (Å²) in [5, 5.41) is 4.94. The van der Waals surface area contributed by atoms with Crippen molar-refractivity contribution in [2.45, 2.75) is 39.7 Å². The number of hydrogen-bond acceptors (Lipinski definition) is 3. The Kier molecular flexibility index (Phi) is 4.28. The third-order valence-electron chi connectivity index (χ3n) is 5.73. The van der Waals surface area contributed by atoms with Gasteiger partial charge in [0.2, 0.25) is 0 Å². The van der Waals surface area contributed by atoms with Gasteiger partial charge in [0.15, 0.2) is 5.82 Å². The highest BCUT2D eigenvalue weighted by atomic mass is 15.3. The minimum atomic E-state index is -0.108. The van der Waals surface area contributed by atoms with Crippen molar-refractivity contribution in [1.29, 1.82) is 0 Å². The molecule has 0 atom stereocenters. The molecule has 3 nitrogen and oxygen atoms in total. The van der Waals surface area contributed by atoms with Gasteiger partial charge in [-0.05, 0) is 57.0 Å². The number of pyridine rings is 1. The maximum absolute atomic E-state index is 5.15. The summed E-state index contributed by atoms with van der Waals surface area (Å²) in [5.41, 5.74) is 8.24. The molecule has 0 bridgehead atoms. The van der Waals surface area contributed by atoms with Crippen molar-refractivity contribution in [1.82, 2.24) is 4.98 Å². The topological polar surface area (TPSA) is 28.2 Å². The second-order valence-corrected chi connectivity index (χ2v) is 9.12. The number of aryl methyl sites for hydroxylation is 1. The molecule has 1 N–H and O–H groups in total. The molecule has 150 valence electrons. The summed E-state index contributed by atoms with van der Waals surface area (Å²) in [4.78, 5) is 7.52. The van der Waals surface area contributed by atoms with Crippen LogP contribution in [0.2, 0.25) is 0 Å². The lowest BCUT2D eigenvalue weighted by molar-refractivity contribution is 0.555.